The van der Waals surface area contributed by atoms with E-state index in [0.29, 0.717) is 5.82 Å². The Kier molecular flexibility index (Phi) is 4.29. The molecule has 0 N–H and O–H groups in total. The summed E-state index contributed by atoms with van der Waals surface area (Å²) in [5.74, 6) is 0.706. The molecule has 0 bridgehead atoms. The van der Waals surface area contributed by atoms with Crippen LogP contribution in [0.4, 0.5) is 0 Å². The molecule has 0 radical (unpaired) electrons. The minimum atomic E-state index is 0.706. The normalized spacial score (nSPS) is 11.2. The predicted octanol–water partition coefficient (Wildman–Crippen LogP) is 3.81. The number of aromatic nitrogens is 5. The van der Waals surface area contributed by atoms with Crippen LogP contribution in [-0.4, -0.2) is 24.8 Å². The smallest absolute Gasteiger partial charge is 0.235 e. The molecule has 6 heteroatoms. The van der Waals surface area contributed by atoms with Crippen molar-refractivity contribution in [1.29, 1.82) is 0 Å². The number of hydrogen-bond acceptors (Lipinski definition) is 5. The summed E-state index contributed by atoms with van der Waals surface area (Å²) >= 11 is 1.61. The molecule has 0 saturated carbocycles. The standard InChI is InChI=1S/C18H17N5S/c1-2-8-14(9-3-1)10-4-5-12-16-22-23-17(20-21-18(23)24-16)15-11-6-7-13-19-15/h1-3,6-9,11,13H,4-5,10,12H2. The van der Waals surface area contributed by atoms with Gasteiger partial charge in [0.1, 0.15) is 10.7 Å². The van der Waals surface area contributed by atoms with E-state index in [1.54, 1.807) is 22.0 Å². The van der Waals surface area contributed by atoms with Crippen LogP contribution in [-0.2, 0) is 12.8 Å². The van der Waals surface area contributed by atoms with E-state index in [-0.39, 0.29) is 0 Å². The Morgan fingerprint density at radius 3 is 2.54 bits per heavy atom. The predicted molar refractivity (Wildman–Crippen MR) is 95.0 cm³/mol. The maximum atomic E-state index is 4.66. The molecule has 4 aromatic rings. The number of nitrogens with zero attached hydrogens (tertiary/aromatic N) is 5. The molecule has 5 nitrogen and oxygen atoms in total. The Morgan fingerprint density at radius 1 is 0.875 bits per heavy atom. The number of rotatable bonds is 6. The van der Waals surface area contributed by atoms with Crippen LogP contribution >= 0.6 is 11.3 Å². The Morgan fingerprint density at radius 2 is 1.71 bits per heavy atom. The summed E-state index contributed by atoms with van der Waals surface area (Å²) in [6, 6.07) is 16.4. The minimum absolute atomic E-state index is 0.706. The first-order valence-electron chi connectivity index (χ1n) is 8.06. The first kappa shape index (κ1) is 15.0. The monoisotopic (exact) mass is 335 g/mol. The first-order chi connectivity index (χ1) is 11.9. The highest BCUT2D eigenvalue weighted by Crippen LogP contribution is 2.21. The van der Waals surface area contributed by atoms with E-state index in [2.05, 4.69) is 50.6 Å². The molecule has 3 aromatic heterocycles. The summed E-state index contributed by atoms with van der Waals surface area (Å²) in [6.45, 7) is 0. The fourth-order valence-corrected chi connectivity index (χ4v) is 3.54. The molecule has 24 heavy (non-hydrogen) atoms. The summed E-state index contributed by atoms with van der Waals surface area (Å²) in [6.07, 6.45) is 6.13. The molecule has 0 unspecified atom stereocenters. The van der Waals surface area contributed by atoms with Crippen molar-refractivity contribution in [3.63, 3.8) is 0 Å². The van der Waals surface area contributed by atoms with E-state index in [0.717, 1.165) is 41.3 Å². The zero-order valence-corrected chi connectivity index (χ0v) is 14.0. The highest BCUT2D eigenvalue weighted by atomic mass is 32.1. The maximum absolute atomic E-state index is 4.66. The quantitative estimate of drug-likeness (QED) is 0.503. The molecule has 0 saturated heterocycles. The van der Waals surface area contributed by atoms with E-state index in [4.69, 9.17) is 0 Å². The van der Waals surface area contributed by atoms with Gasteiger partial charge in [0.2, 0.25) is 10.8 Å². The van der Waals surface area contributed by atoms with Gasteiger partial charge in [0.25, 0.3) is 0 Å². The molecule has 0 atom stereocenters. The molecule has 120 valence electrons. The van der Waals surface area contributed by atoms with Gasteiger partial charge < -0.3 is 0 Å². The summed E-state index contributed by atoms with van der Waals surface area (Å²) in [5.41, 5.74) is 2.19. The third-order valence-electron chi connectivity index (χ3n) is 3.88. The van der Waals surface area contributed by atoms with Crippen LogP contribution in [0.2, 0.25) is 0 Å². The van der Waals surface area contributed by atoms with Crippen LogP contribution in [0.3, 0.4) is 0 Å². The topological polar surface area (TPSA) is 56.0 Å². The lowest BCUT2D eigenvalue weighted by Gasteiger charge is -2.00. The number of benzene rings is 1. The first-order valence-corrected chi connectivity index (χ1v) is 8.88. The molecule has 0 spiro atoms. The second kappa shape index (κ2) is 6.88. The molecule has 4 rings (SSSR count). The SMILES string of the molecule is c1ccc(CCCCc2nn3c(-c4ccccn4)nnc3s2)cc1. The highest BCUT2D eigenvalue weighted by molar-refractivity contribution is 7.16. The second-order valence-electron chi connectivity index (χ2n) is 5.62. The number of hydrogen-bond donors (Lipinski definition) is 0. The Balaban J connectivity index is 1.41. The van der Waals surface area contributed by atoms with E-state index < -0.39 is 0 Å². The van der Waals surface area contributed by atoms with Gasteiger partial charge in [0, 0.05) is 12.6 Å². The van der Waals surface area contributed by atoms with Gasteiger partial charge in [-0.2, -0.15) is 9.61 Å². The van der Waals surface area contributed by atoms with Crippen molar-refractivity contribution >= 4 is 16.3 Å². The van der Waals surface area contributed by atoms with Gasteiger partial charge in [-0.15, -0.1) is 10.2 Å². The fourth-order valence-electron chi connectivity index (χ4n) is 2.66. The number of fused-ring (bicyclic) bond motifs is 1. The lowest BCUT2D eigenvalue weighted by atomic mass is 10.1. The zero-order chi connectivity index (χ0) is 16.2. The van der Waals surface area contributed by atoms with Crippen LogP contribution in [0.1, 0.15) is 23.4 Å². The second-order valence-corrected chi connectivity index (χ2v) is 6.66. The third kappa shape index (κ3) is 3.19. The van der Waals surface area contributed by atoms with E-state index >= 15 is 0 Å². The average molecular weight is 335 g/mol. The van der Waals surface area contributed by atoms with Crippen molar-refractivity contribution in [1.82, 2.24) is 24.8 Å². The van der Waals surface area contributed by atoms with Gasteiger partial charge in [-0.25, -0.2) is 0 Å². The Labute approximate surface area is 144 Å². The fraction of sp³-hybridized carbons (Fsp3) is 0.222. The molecule has 0 aliphatic heterocycles. The molecule has 0 amide bonds. The third-order valence-corrected chi connectivity index (χ3v) is 4.83. The molecule has 0 aliphatic rings. The largest absolute Gasteiger partial charge is 0.253 e. The van der Waals surface area contributed by atoms with Crippen LogP contribution in [0, 0.1) is 0 Å². The molecule has 0 aliphatic carbocycles. The Bertz CT molecular complexity index is 914. The summed E-state index contributed by atoms with van der Waals surface area (Å²) < 4.78 is 1.81. The molecule has 0 fully saturated rings. The Hall–Kier alpha value is -2.60. The van der Waals surface area contributed by atoms with Gasteiger partial charge in [-0.05, 0) is 37.0 Å². The lowest BCUT2D eigenvalue weighted by molar-refractivity contribution is 0.721. The molecular weight excluding hydrogens is 318 g/mol. The van der Waals surface area contributed by atoms with Crippen molar-refractivity contribution < 1.29 is 0 Å². The van der Waals surface area contributed by atoms with Gasteiger partial charge in [0.05, 0.1) is 0 Å². The lowest BCUT2D eigenvalue weighted by Crippen LogP contribution is -1.94. The summed E-state index contributed by atoms with van der Waals surface area (Å²) in [7, 11) is 0. The summed E-state index contributed by atoms with van der Waals surface area (Å²) in [5, 5.41) is 14.2. The van der Waals surface area contributed by atoms with Crippen LogP contribution in [0.25, 0.3) is 16.5 Å². The van der Waals surface area contributed by atoms with Gasteiger partial charge >= 0.3 is 0 Å². The van der Waals surface area contributed by atoms with Gasteiger partial charge in [-0.1, -0.05) is 47.7 Å². The molecule has 1 aromatic carbocycles. The number of aryl methyl sites for hydroxylation is 2. The van der Waals surface area contributed by atoms with Gasteiger partial charge in [-0.3, -0.25) is 4.98 Å². The van der Waals surface area contributed by atoms with Crippen molar-refractivity contribution in [2.24, 2.45) is 0 Å². The van der Waals surface area contributed by atoms with Crippen LogP contribution < -0.4 is 0 Å². The summed E-state index contributed by atoms with van der Waals surface area (Å²) in [4.78, 5) is 5.16. The van der Waals surface area contributed by atoms with Crippen molar-refractivity contribution in [3.05, 3.63) is 65.3 Å². The van der Waals surface area contributed by atoms with Crippen molar-refractivity contribution in [2.45, 2.75) is 25.7 Å². The van der Waals surface area contributed by atoms with E-state index in [1.165, 1.54) is 5.56 Å². The van der Waals surface area contributed by atoms with E-state index in [9.17, 15) is 0 Å². The maximum Gasteiger partial charge on any atom is 0.235 e. The number of pyridine rings is 1. The minimum Gasteiger partial charge on any atom is -0.253 e. The van der Waals surface area contributed by atoms with Crippen molar-refractivity contribution in [3.8, 4) is 11.5 Å². The van der Waals surface area contributed by atoms with Crippen LogP contribution in [0.15, 0.2) is 54.7 Å². The molecule has 3 heterocycles. The zero-order valence-electron chi connectivity index (χ0n) is 13.2. The van der Waals surface area contributed by atoms with Gasteiger partial charge in [0.15, 0.2) is 0 Å². The highest BCUT2D eigenvalue weighted by Gasteiger charge is 2.13. The van der Waals surface area contributed by atoms with Crippen molar-refractivity contribution in [2.75, 3.05) is 0 Å². The average Bonchev–Trinajstić information content (AvgIpc) is 3.20. The van der Waals surface area contributed by atoms with E-state index in [1.807, 2.05) is 18.2 Å². The van der Waals surface area contributed by atoms with Crippen LogP contribution in [0.5, 0.6) is 0 Å². The molecular formula is C18H17N5S. The number of unbranched alkanes of at least 4 members (excludes halogenated alkanes) is 1.